The molecule has 0 radical (unpaired) electrons. The van der Waals surface area contributed by atoms with Gasteiger partial charge < -0.3 is 5.73 Å². The van der Waals surface area contributed by atoms with Gasteiger partial charge in [0.25, 0.3) is 0 Å². The van der Waals surface area contributed by atoms with Crippen molar-refractivity contribution < 1.29 is 0 Å². The second kappa shape index (κ2) is 7.42. The zero-order valence-electron chi connectivity index (χ0n) is 6.84. The molecule has 1 aliphatic rings. The number of rotatable bonds is 1. The predicted molar refractivity (Wildman–Crippen MR) is 50.5 cm³/mol. The Morgan fingerprint density at radius 2 is 1.70 bits per heavy atom. The maximum Gasteiger partial charge on any atom is -0.00489 e. The molecule has 10 heavy (non-hydrogen) atoms. The minimum absolute atomic E-state index is 0.865. The lowest BCUT2D eigenvalue weighted by Crippen LogP contribution is -2.16. The van der Waals surface area contributed by atoms with E-state index in [4.69, 9.17) is 5.73 Å². The van der Waals surface area contributed by atoms with Gasteiger partial charge in [0.05, 0.1) is 0 Å². The predicted octanol–water partition coefficient (Wildman–Crippen LogP) is 2.07. The summed E-state index contributed by atoms with van der Waals surface area (Å²) in [7, 11) is 0. The van der Waals surface area contributed by atoms with E-state index in [9.17, 15) is 0 Å². The van der Waals surface area contributed by atoms with E-state index in [1.165, 1.54) is 32.1 Å². The second-order valence-corrected chi connectivity index (χ2v) is 2.74. The van der Waals surface area contributed by atoms with Gasteiger partial charge >= 0.3 is 0 Å². The van der Waals surface area contributed by atoms with Crippen LogP contribution in [-0.4, -0.2) is 12.8 Å². The maximum atomic E-state index is 5.50. The van der Waals surface area contributed by atoms with E-state index in [1.54, 1.807) is 6.26 Å². The van der Waals surface area contributed by atoms with Crippen molar-refractivity contribution in [3.05, 3.63) is 0 Å². The number of hydrogen-bond donors (Lipinski definition) is 2. The fourth-order valence-electron chi connectivity index (χ4n) is 1.42. The van der Waals surface area contributed by atoms with Crippen molar-refractivity contribution in [1.29, 1.82) is 0 Å². The Labute approximate surface area is 69.8 Å². The van der Waals surface area contributed by atoms with Gasteiger partial charge in [-0.1, -0.05) is 19.3 Å². The molecule has 2 heteroatoms. The third-order valence-electron chi connectivity index (χ3n) is 2.06. The molecule has 0 spiro atoms. The van der Waals surface area contributed by atoms with Crippen molar-refractivity contribution in [2.24, 2.45) is 11.7 Å². The largest absolute Gasteiger partial charge is 0.330 e. The van der Waals surface area contributed by atoms with Crippen LogP contribution in [0.2, 0.25) is 0 Å². The van der Waals surface area contributed by atoms with Crippen LogP contribution < -0.4 is 5.73 Å². The molecule has 1 saturated carbocycles. The van der Waals surface area contributed by atoms with Gasteiger partial charge in [-0.05, 0) is 31.6 Å². The summed E-state index contributed by atoms with van der Waals surface area (Å²) in [5.74, 6) is 0.865. The van der Waals surface area contributed by atoms with Crippen LogP contribution in [0.15, 0.2) is 0 Å². The smallest absolute Gasteiger partial charge is 0.00489 e. The van der Waals surface area contributed by atoms with Gasteiger partial charge in [0.1, 0.15) is 0 Å². The first-order valence-corrected chi connectivity index (χ1v) is 4.97. The van der Waals surface area contributed by atoms with E-state index in [-0.39, 0.29) is 0 Å². The minimum Gasteiger partial charge on any atom is -0.330 e. The average molecular weight is 161 g/mol. The van der Waals surface area contributed by atoms with Crippen LogP contribution in [-0.2, 0) is 0 Å². The molecule has 0 heterocycles. The van der Waals surface area contributed by atoms with Crippen LogP contribution in [0.5, 0.6) is 0 Å². The molecule has 2 N–H and O–H groups in total. The Bertz CT molecular complexity index is 60.3. The fourth-order valence-corrected chi connectivity index (χ4v) is 1.42. The lowest BCUT2D eigenvalue weighted by atomic mass is 9.90. The molecule has 0 aromatic heterocycles. The summed E-state index contributed by atoms with van der Waals surface area (Å²) < 4.78 is 0. The average Bonchev–Trinajstić information content (AvgIpc) is 2.10. The van der Waals surface area contributed by atoms with Crippen LogP contribution in [0.1, 0.15) is 32.1 Å². The van der Waals surface area contributed by atoms with E-state index in [0.717, 1.165) is 12.5 Å². The van der Waals surface area contributed by atoms with Gasteiger partial charge in [-0.25, -0.2) is 0 Å². The highest BCUT2D eigenvalue weighted by Gasteiger charge is 2.09. The SMILES string of the molecule is CS.NCC1CCCCC1. The molecule has 0 atom stereocenters. The van der Waals surface area contributed by atoms with Crippen molar-refractivity contribution in [3.8, 4) is 0 Å². The topological polar surface area (TPSA) is 26.0 Å². The highest BCUT2D eigenvalue weighted by atomic mass is 32.1. The van der Waals surface area contributed by atoms with Crippen LogP contribution >= 0.6 is 12.6 Å². The summed E-state index contributed by atoms with van der Waals surface area (Å²) in [6.45, 7) is 0.917. The highest BCUT2D eigenvalue weighted by Crippen LogP contribution is 2.21. The van der Waals surface area contributed by atoms with Gasteiger partial charge in [-0.15, -0.1) is 0 Å². The molecule has 1 aliphatic carbocycles. The zero-order chi connectivity index (χ0) is 7.82. The van der Waals surface area contributed by atoms with Crippen LogP contribution in [0, 0.1) is 5.92 Å². The van der Waals surface area contributed by atoms with Crippen LogP contribution in [0.4, 0.5) is 0 Å². The Hall–Kier alpha value is 0.310. The summed E-state index contributed by atoms with van der Waals surface area (Å²) in [4.78, 5) is 0. The molecule has 0 saturated heterocycles. The summed E-state index contributed by atoms with van der Waals surface area (Å²) >= 11 is 3.53. The molecule has 0 unspecified atom stereocenters. The molecular weight excluding hydrogens is 142 g/mol. The van der Waals surface area contributed by atoms with Gasteiger partial charge in [-0.2, -0.15) is 12.6 Å². The maximum absolute atomic E-state index is 5.50. The first kappa shape index (κ1) is 10.3. The quantitative estimate of drug-likeness (QED) is 0.566. The Kier molecular flexibility index (Phi) is 7.65. The van der Waals surface area contributed by atoms with Crippen molar-refractivity contribution in [3.63, 3.8) is 0 Å². The fraction of sp³-hybridized carbons (Fsp3) is 1.00. The second-order valence-electron chi connectivity index (χ2n) is 2.74. The van der Waals surface area contributed by atoms with E-state index in [0.29, 0.717) is 0 Å². The molecule has 62 valence electrons. The molecular formula is C8H19NS. The van der Waals surface area contributed by atoms with Crippen LogP contribution in [0.25, 0.3) is 0 Å². The molecule has 0 aromatic carbocycles. The number of nitrogens with two attached hydrogens (primary N) is 1. The van der Waals surface area contributed by atoms with Crippen molar-refractivity contribution in [2.45, 2.75) is 32.1 Å². The van der Waals surface area contributed by atoms with E-state index < -0.39 is 0 Å². The van der Waals surface area contributed by atoms with Gasteiger partial charge in [0, 0.05) is 0 Å². The number of thiol groups is 1. The Morgan fingerprint density at radius 1 is 1.20 bits per heavy atom. The van der Waals surface area contributed by atoms with Gasteiger partial charge in [0.2, 0.25) is 0 Å². The normalized spacial score (nSPS) is 19.5. The summed E-state index contributed by atoms with van der Waals surface area (Å²) in [6.07, 6.45) is 8.74. The van der Waals surface area contributed by atoms with E-state index in [2.05, 4.69) is 12.6 Å². The van der Waals surface area contributed by atoms with Gasteiger partial charge in [-0.3, -0.25) is 0 Å². The molecule has 0 aliphatic heterocycles. The highest BCUT2D eigenvalue weighted by molar-refractivity contribution is 7.79. The lowest BCUT2D eigenvalue weighted by molar-refractivity contribution is 0.366. The van der Waals surface area contributed by atoms with Crippen molar-refractivity contribution in [1.82, 2.24) is 0 Å². The Balaban J connectivity index is 0.000000371. The van der Waals surface area contributed by atoms with Crippen molar-refractivity contribution in [2.75, 3.05) is 12.8 Å². The van der Waals surface area contributed by atoms with Crippen molar-refractivity contribution >= 4 is 12.6 Å². The first-order chi connectivity index (χ1) is 4.93. The minimum atomic E-state index is 0.865. The third kappa shape index (κ3) is 4.18. The summed E-state index contributed by atoms with van der Waals surface area (Å²) in [5, 5.41) is 0. The zero-order valence-corrected chi connectivity index (χ0v) is 7.74. The molecule has 1 rings (SSSR count). The molecule has 1 fully saturated rings. The summed E-state index contributed by atoms with van der Waals surface area (Å²) in [6, 6.07) is 0. The standard InChI is InChI=1S/C7H15N.CH4S/c8-6-7-4-2-1-3-5-7;1-2/h7H,1-6,8H2;2H,1H3. The lowest BCUT2D eigenvalue weighted by Gasteiger charge is -2.18. The Morgan fingerprint density at radius 3 is 2.00 bits per heavy atom. The van der Waals surface area contributed by atoms with Gasteiger partial charge in [0.15, 0.2) is 0 Å². The third-order valence-corrected chi connectivity index (χ3v) is 2.06. The van der Waals surface area contributed by atoms with E-state index >= 15 is 0 Å². The molecule has 1 nitrogen and oxygen atoms in total. The monoisotopic (exact) mass is 161 g/mol. The molecule has 0 amide bonds. The van der Waals surface area contributed by atoms with Crippen LogP contribution in [0.3, 0.4) is 0 Å². The summed E-state index contributed by atoms with van der Waals surface area (Å²) in [5.41, 5.74) is 5.50. The number of hydrogen-bond acceptors (Lipinski definition) is 2. The molecule has 0 aromatic rings. The first-order valence-electron chi connectivity index (χ1n) is 4.08. The molecule has 0 bridgehead atoms. The van der Waals surface area contributed by atoms with E-state index in [1.807, 2.05) is 0 Å².